The smallest absolute Gasteiger partial charge is 0.0596 e. The van der Waals surface area contributed by atoms with Gasteiger partial charge in [0.05, 0.1) is 5.69 Å². The van der Waals surface area contributed by atoms with Crippen LogP contribution in [0.4, 0.5) is 0 Å². The van der Waals surface area contributed by atoms with Crippen LogP contribution in [0, 0.1) is 6.92 Å². The first-order valence-corrected chi connectivity index (χ1v) is 6.81. The van der Waals surface area contributed by atoms with Crippen molar-refractivity contribution in [1.82, 2.24) is 20.1 Å². The Bertz CT molecular complexity index is 504. The van der Waals surface area contributed by atoms with Crippen LogP contribution in [0.25, 0.3) is 0 Å². The number of aromatic nitrogens is 3. The second kappa shape index (κ2) is 6.48. The number of hydrogen-bond donors (Lipinski definition) is 1. The summed E-state index contributed by atoms with van der Waals surface area (Å²) in [5.74, 6) is 0. The molecule has 0 spiro atoms. The predicted molar refractivity (Wildman–Crippen MR) is 77.1 cm³/mol. The van der Waals surface area contributed by atoms with E-state index in [1.54, 1.807) is 0 Å². The molecule has 0 radical (unpaired) electrons. The lowest BCUT2D eigenvalue weighted by Gasteiger charge is -2.18. The summed E-state index contributed by atoms with van der Waals surface area (Å²) in [5.41, 5.74) is 3.68. The number of hydrogen-bond acceptors (Lipinski definition) is 3. The predicted octanol–water partition coefficient (Wildman–Crippen LogP) is 1.89. The molecule has 2 rings (SSSR count). The van der Waals surface area contributed by atoms with Gasteiger partial charge in [-0.3, -0.25) is 9.67 Å². The summed E-state index contributed by atoms with van der Waals surface area (Å²) in [6, 6.07) is 6.76. The topological polar surface area (TPSA) is 42.7 Å². The molecule has 4 heteroatoms. The SMILES string of the molecule is CCNC(Cc1ccncc1)Cc1cc(C)nn1C. The number of nitrogens with zero attached hydrogens (tertiary/aromatic N) is 3. The van der Waals surface area contributed by atoms with Crippen molar-refractivity contribution >= 4 is 0 Å². The quantitative estimate of drug-likeness (QED) is 0.860. The van der Waals surface area contributed by atoms with E-state index in [4.69, 9.17) is 0 Å². The minimum atomic E-state index is 0.433. The van der Waals surface area contributed by atoms with Crippen LogP contribution >= 0.6 is 0 Å². The van der Waals surface area contributed by atoms with Gasteiger partial charge in [-0.05, 0) is 43.7 Å². The molecule has 0 aliphatic heterocycles. The first-order valence-electron chi connectivity index (χ1n) is 6.81. The van der Waals surface area contributed by atoms with E-state index < -0.39 is 0 Å². The van der Waals surface area contributed by atoms with Gasteiger partial charge in [0.1, 0.15) is 0 Å². The van der Waals surface area contributed by atoms with E-state index in [2.05, 4.69) is 40.5 Å². The summed E-state index contributed by atoms with van der Waals surface area (Å²) in [4.78, 5) is 4.07. The van der Waals surface area contributed by atoms with Crippen LogP contribution in [0.15, 0.2) is 30.6 Å². The summed E-state index contributed by atoms with van der Waals surface area (Å²) in [5, 5.41) is 7.96. The monoisotopic (exact) mass is 258 g/mol. The van der Waals surface area contributed by atoms with Gasteiger partial charge in [0.2, 0.25) is 0 Å². The highest BCUT2D eigenvalue weighted by Gasteiger charge is 2.12. The second-order valence-corrected chi connectivity index (χ2v) is 4.92. The minimum absolute atomic E-state index is 0.433. The van der Waals surface area contributed by atoms with Gasteiger partial charge in [0.15, 0.2) is 0 Å². The molecule has 102 valence electrons. The molecule has 1 atom stereocenters. The molecule has 0 fully saturated rings. The van der Waals surface area contributed by atoms with E-state index in [0.29, 0.717) is 6.04 Å². The third-order valence-electron chi connectivity index (χ3n) is 3.28. The van der Waals surface area contributed by atoms with Crippen molar-refractivity contribution in [3.63, 3.8) is 0 Å². The number of nitrogens with one attached hydrogen (secondary N) is 1. The van der Waals surface area contributed by atoms with Crippen molar-refractivity contribution in [3.05, 3.63) is 47.5 Å². The fraction of sp³-hybridized carbons (Fsp3) is 0.467. The molecule has 0 bridgehead atoms. The average Bonchev–Trinajstić information content (AvgIpc) is 2.69. The number of pyridine rings is 1. The first-order chi connectivity index (χ1) is 9.19. The minimum Gasteiger partial charge on any atom is -0.314 e. The average molecular weight is 258 g/mol. The highest BCUT2D eigenvalue weighted by atomic mass is 15.3. The van der Waals surface area contributed by atoms with Gasteiger partial charge in [-0.1, -0.05) is 6.92 Å². The fourth-order valence-corrected chi connectivity index (χ4v) is 2.42. The lowest BCUT2D eigenvalue weighted by Crippen LogP contribution is -2.33. The molecule has 0 saturated carbocycles. The van der Waals surface area contributed by atoms with Crippen molar-refractivity contribution in [3.8, 4) is 0 Å². The molecule has 0 aromatic carbocycles. The largest absolute Gasteiger partial charge is 0.314 e. The van der Waals surface area contributed by atoms with Gasteiger partial charge in [-0.15, -0.1) is 0 Å². The number of rotatable bonds is 6. The van der Waals surface area contributed by atoms with E-state index in [1.807, 2.05) is 31.0 Å². The zero-order valence-corrected chi connectivity index (χ0v) is 11.9. The van der Waals surface area contributed by atoms with Crippen LogP contribution in [0.5, 0.6) is 0 Å². The Hall–Kier alpha value is -1.68. The number of likely N-dealkylation sites (N-methyl/N-ethyl adjacent to an activating group) is 1. The third kappa shape index (κ3) is 3.89. The molecule has 0 aliphatic rings. The molecule has 0 saturated heterocycles. The molecular weight excluding hydrogens is 236 g/mol. The molecular formula is C15H22N4. The lowest BCUT2D eigenvalue weighted by molar-refractivity contribution is 0.504. The Balaban J connectivity index is 2.06. The van der Waals surface area contributed by atoms with Gasteiger partial charge >= 0.3 is 0 Å². The first kappa shape index (κ1) is 13.7. The molecule has 1 N–H and O–H groups in total. The Labute approximate surface area is 114 Å². The Morgan fingerprint density at radius 3 is 2.58 bits per heavy atom. The van der Waals surface area contributed by atoms with Gasteiger partial charge in [-0.25, -0.2) is 0 Å². The lowest BCUT2D eigenvalue weighted by atomic mass is 10.0. The molecule has 2 aromatic rings. The zero-order chi connectivity index (χ0) is 13.7. The van der Waals surface area contributed by atoms with Crippen LogP contribution in [-0.4, -0.2) is 27.4 Å². The highest BCUT2D eigenvalue weighted by Crippen LogP contribution is 2.09. The molecule has 0 aliphatic carbocycles. The van der Waals surface area contributed by atoms with Gasteiger partial charge < -0.3 is 5.32 Å². The fourth-order valence-electron chi connectivity index (χ4n) is 2.42. The molecule has 2 aromatic heterocycles. The second-order valence-electron chi connectivity index (χ2n) is 4.92. The van der Waals surface area contributed by atoms with E-state index in [-0.39, 0.29) is 0 Å². The highest BCUT2D eigenvalue weighted by molar-refractivity contribution is 5.14. The van der Waals surface area contributed by atoms with Crippen LogP contribution in [0.2, 0.25) is 0 Å². The zero-order valence-electron chi connectivity index (χ0n) is 11.9. The molecule has 19 heavy (non-hydrogen) atoms. The normalized spacial score (nSPS) is 12.6. The maximum Gasteiger partial charge on any atom is 0.0596 e. The van der Waals surface area contributed by atoms with E-state index >= 15 is 0 Å². The molecule has 0 amide bonds. The maximum absolute atomic E-state index is 4.41. The van der Waals surface area contributed by atoms with Crippen molar-refractivity contribution in [1.29, 1.82) is 0 Å². The van der Waals surface area contributed by atoms with Crippen molar-refractivity contribution in [2.45, 2.75) is 32.7 Å². The van der Waals surface area contributed by atoms with Crippen molar-refractivity contribution in [2.24, 2.45) is 7.05 Å². The summed E-state index contributed by atoms with van der Waals surface area (Å²) in [6.45, 7) is 5.16. The Morgan fingerprint density at radius 1 is 1.26 bits per heavy atom. The third-order valence-corrected chi connectivity index (χ3v) is 3.28. The molecule has 2 heterocycles. The standard InChI is InChI=1S/C15H22N4/c1-4-17-14(10-13-5-7-16-8-6-13)11-15-9-12(2)18-19(15)3/h5-9,14,17H,4,10-11H2,1-3H3. The van der Waals surface area contributed by atoms with Gasteiger partial charge in [0.25, 0.3) is 0 Å². The van der Waals surface area contributed by atoms with Gasteiger partial charge in [-0.2, -0.15) is 5.10 Å². The summed E-state index contributed by atoms with van der Waals surface area (Å²) in [6.07, 6.45) is 5.72. The summed E-state index contributed by atoms with van der Waals surface area (Å²) in [7, 11) is 2.01. The van der Waals surface area contributed by atoms with Crippen molar-refractivity contribution < 1.29 is 0 Å². The molecule has 1 unspecified atom stereocenters. The summed E-state index contributed by atoms with van der Waals surface area (Å²) < 4.78 is 1.98. The van der Waals surface area contributed by atoms with E-state index in [1.165, 1.54) is 11.3 Å². The Kier molecular flexibility index (Phi) is 4.68. The Morgan fingerprint density at radius 2 is 2.00 bits per heavy atom. The van der Waals surface area contributed by atoms with Gasteiger partial charge in [0, 0.05) is 37.6 Å². The van der Waals surface area contributed by atoms with Crippen LogP contribution < -0.4 is 5.32 Å². The van der Waals surface area contributed by atoms with Crippen LogP contribution in [0.1, 0.15) is 23.9 Å². The maximum atomic E-state index is 4.41. The van der Waals surface area contributed by atoms with Crippen LogP contribution in [-0.2, 0) is 19.9 Å². The van der Waals surface area contributed by atoms with Crippen molar-refractivity contribution in [2.75, 3.05) is 6.54 Å². The number of aryl methyl sites for hydroxylation is 2. The van der Waals surface area contributed by atoms with E-state index in [9.17, 15) is 0 Å². The van der Waals surface area contributed by atoms with E-state index in [0.717, 1.165) is 25.1 Å². The van der Waals surface area contributed by atoms with Crippen LogP contribution in [0.3, 0.4) is 0 Å². The molecule has 4 nitrogen and oxygen atoms in total. The summed E-state index contributed by atoms with van der Waals surface area (Å²) >= 11 is 0.